The summed E-state index contributed by atoms with van der Waals surface area (Å²) in [5, 5.41) is 15.7. The standard InChI is InChI=1S/C27H31F2N5O4/c28-27(29)38-20-6-2-5-19(15-20)34-25-23(24(31-34)17-3-1-4-17)22(16-21(30-25)26(35)36)33-9-7-18(8-10-33)32-11-13-37-14-12-32/h2,5-6,15-18,27H,1,3-4,7-14H2,(H,35,36). The summed E-state index contributed by atoms with van der Waals surface area (Å²) in [6.07, 6.45) is 5.07. The minimum Gasteiger partial charge on any atom is -0.477 e. The summed E-state index contributed by atoms with van der Waals surface area (Å²) >= 11 is 0. The Kier molecular flexibility index (Phi) is 6.87. The predicted molar refractivity (Wildman–Crippen MR) is 137 cm³/mol. The Morgan fingerprint density at radius 1 is 1.08 bits per heavy atom. The molecule has 9 nitrogen and oxygen atoms in total. The van der Waals surface area contributed by atoms with Gasteiger partial charge in [-0.2, -0.15) is 13.9 Å². The number of ether oxygens (including phenoxy) is 2. The number of nitrogens with zero attached hydrogens (tertiary/aromatic N) is 5. The van der Waals surface area contributed by atoms with Gasteiger partial charge in [-0.05, 0) is 43.9 Å². The van der Waals surface area contributed by atoms with Crippen LogP contribution >= 0.6 is 0 Å². The van der Waals surface area contributed by atoms with Crippen LogP contribution in [0.1, 0.15) is 54.2 Å². The van der Waals surface area contributed by atoms with E-state index < -0.39 is 12.6 Å². The molecule has 4 heterocycles. The number of hydrogen-bond acceptors (Lipinski definition) is 7. The maximum absolute atomic E-state index is 12.9. The number of morpholine rings is 1. The number of aromatic nitrogens is 3. The lowest BCUT2D eigenvalue weighted by atomic mass is 9.82. The number of anilines is 1. The van der Waals surface area contributed by atoms with Crippen molar-refractivity contribution in [3.8, 4) is 11.4 Å². The van der Waals surface area contributed by atoms with E-state index in [-0.39, 0.29) is 17.4 Å². The normalized spacial score (nSPS) is 19.7. The van der Waals surface area contributed by atoms with Crippen LogP contribution in [0.25, 0.3) is 16.7 Å². The molecule has 0 radical (unpaired) electrons. The van der Waals surface area contributed by atoms with Gasteiger partial charge in [0.05, 0.1) is 35.7 Å². The lowest BCUT2D eigenvalue weighted by Gasteiger charge is -2.41. The van der Waals surface area contributed by atoms with Crippen LogP contribution in [0.2, 0.25) is 0 Å². The third-order valence-corrected chi connectivity index (χ3v) is 8.01. The number of aromatic carboxylic acids is 1. The molecule has 1 aliphatic carbocycles. The lowest BCUT2D eigenvalue weighted by molar-refractivity contribution is -0.0498. The number of hydrogen-bond donors (Lipinski definition) is 1. The first-order valence-electron chi connectivity index (χ1n) is 13.3. The molecule has 3 aromatic rings. The van der Waals surface area contributed by atoms with Crippen LogP contribution in [0.15, 0.2) is 30.3 Å². The number of fused-ring (bicyclic) bond motifs is 1. The monoisotopic (exact) mass is 527 g/mol. The largest absolute Gasteiger partial charge is 0.477 e. The van der Waals surface area contributed by atoms with Crippen LogP contribution in [-0.4, -0.2) is 82.8 Å². The average molecular weight is 528 g/mol. The molecule has 3 aliphatic rings. The van der Waals surface area contributed by atoms with Gasteiger partial charge in [-0.3, -0.25) is 4.90 Å². The van der Waals surface area contributed by atoms with Crippen molar-refractivity contribution in [1.29, 1.82) is 0 Å². The maximum Gasteiger partial charge on any atom is 0.387 e. The summed E-state index contributed by atoms with van der Waals surface area (Å²) in [4.78, 5) is 21.4. The Bertz CT molecular complexity index is 1310. The highest BCUT2D eigenvalue weighted by Gasteiger charge is 2.32. The van der Waals surface area contributed by atoms with Crippen molar-refractivity contribution in [2.24, 2.45) is 0 Å². The third kappa shape index (κ3) is 4.80. The molecule has 0 amide bonds. The number of alkyl halides is 2. The van der Waals surface area contributed by atoms with Crippen molar-refractivity contribution >= 4 is 22.7 Å². The summed E-state index contributed by atoms with van der Waals surface area (Å²) in [5.41, 5.74) is 2.57. The SMILES string of the molecule is O=C(O)c1cc(N2CCC(N3CCOCC3)CC2)c2c(C3CCC3)nn(-c3cccc(OC(F)F)c3)c2n1. The fourth-order valence-corrected chi connectivity index (χ4v) is 5.84. The zero-order valence-corrected chi connectivity index (χ0v) is 21.1. The minimum atomic E-state index is -2.95. The van der Waals surface area contributed by atoms with Gasteiger partial charge in [-0.1, -0.05) is 12.5 Å². The Labute approximate surface area is 218 Å². The highest BCUT2D eigenvalue weighted by Crippen LogP contribution is 2.43. The molecule has 0 bridgehead atoms. The molecule has 0 unspecified atom stereocenters. The summed E-state index contributed by atoms with van der Waals surface area (Å²) < 4.78 is 37.5. The molecule has 2 saturated heterocycles. The van der Waals surface area contributed by atoms with Crippen molar-refractivity contribution in [2.45, 2.75) is 50.7 Å². The van der Waals surface area contributed by atoms with E-state index in [4.69, 9.17) is 9.84 Å². The second-order valence-electron chi connectivity index (χ2n) is 10.2. The predicted octanol–water partition coefficient (Wildman–Crippen LogP) is 4.29. The molecule has 1 N–H and O–H groups in total. The first-order chi connectivity index (χ1) is 18.5. The zero-order chi connectivity index (χ0) is 26.2. The lowest BCUT2D eigenvalue weighted by Crippen LogP contribution is -2.49. The molecule has 2 aromatic heterocycles. The molecule has 3 fully saturated rings. The van der Waals surface area contributed by atoms with Crippen molar-refractivity contribution in [2.75, 3.05) is 44.3 Å². The van der Waals surface area contributed by atoms with Crippen molar-refractivity contribution in [1.82, 2.24) is 19.7 Å². The maximum atomic E-state index is 12.9. The first kappa shape index (κ1) is 25.0. The van der Waals surface area contributed by atoms with E-state index in [1.54, 1.807) is 22.9 Å². The number of carboxylic acid groups (broad SMARTS) is 1. The molecule has 1 saturated carbocycles. The summed E-state index contributed by atoms with van der Waals surface area (Å²) in [7, 11) is 0. The number of pyridine rings is 1. The topological polar surface area (TPSA) is 93.0 Å². The summed E-state index contributed by atoms with van der Waals surface area (Å²) in [6.45, 7) is 2.07. The van der Waals surface area contributed by atoms with E-state index in [1.165, 1.54) is 12.1 Å². The van der Waals surface area contributed by atoms with Gasteiger partial charge < -0.3 is 19.5 Å². The molecule has 1 aromatic carbocycles. The van der Waals surface area contributed by atoms with Crippen LogP contribution in [0.4, 0.5) is 14.5 Å². The van der Waals surface area contributed by atoms with E-state index in [1.807, 2.05) is 0 Å². The van der Waals surface area contributed by atoms with Gasteiger partial charge in [0, 0.05) is 44.2 Å². The molecule has 202 valence electrons. The highest BCUT2D eigenvalue weighted by molar-refractivity contribution is 5.98. The van der Waals surface area contributed by atoms with Gasteiger partial charge in [-0.25, -0.2) is 14.5 Å². The minimum absolute atomic E-state index is 0.00569. The molecule has 11 heteroatoms. The van der Waals surface area contributed by atoms with Crippen molar-refractivity contribution in [3.63, 3.8) is 0 Å². The number of piperidine rings is 1. The molecule has 0 atom stereocenters. The molecule has 0 spiro atoms. The fraction of sp³-hybridized carbons (Fsp3) is 0.519. The Morgan fingerprint density at radius 3 is 2.50 bits per heavy atom. The van der Waals surface area contributed by atoms with E-state index in [0.29, 0.717) is 17.4 Å². The smallest absolute Gasteiger partial charge is 0.387 e. The third-order valence-electron chi connectivity index (χ3n) is 8.01. The second kappa shape index (κ2) is 10.5. The number of carboxylic acids is 1. The number of rotatable bonds is 7. The molecular weight excluding hydrogens is 496 g/mol. The average Bonchev–Trinajstić information content (AvgIpc) is 3.26. The molecular formula is C27H31F2N5O4. The van der Waals surface area contributed by atoms with E-state index in [2.05, 4.69) is 19.5 Å². The quantitative estimate of drug-likeness (QED) is 0.487. The first-order valence-corrected chi connectivity index (χ1v) is 13.3. The van der Waals surface area contributed by atoms with Gasteiger partial charge in [0.2, 0.25) is 0 Å². The van der Waals surface area contributed by atoms with Crippen LogP contribution < -0.4 is 9.64 Å². The van der Waals surface area contributed by atoms with Crippen LogP contribution in [-0.2, 0) is 4.74 Å². The van der Waals surface area contributed by atoms with Gasteiger partial charge in [0.25, 0.3) is 0 Å². The van der Waals surface area contributed by atoms with Gasteiger partial charge in [0.15, 0.2) is 11.3 Å². The van der Waals surface area contributed by atoms with Gasteiger partial charge >= 0.3 is 12.6 Å². The van der Waals surface area contributed by atoms with E-state index in [0.717, 1.165) is 88.3 Å². The van der Waals surface area contributed by atoms with Crippen LogP contribution in [0, 0.1) is 0 Å². The molecule has 6 rings (SSSR count). The molecule has 38 heavy (non-hydrogen) atoms. The fourth-order valence-electron chi connectivity index (χ4n) is 5.84. The Morgan fingerprint density at radius 2 is 1.84 bits per heavy atom. The van der Waals surface area contributed by atoms with Crippen LogP contribution in [0.5, 0.6) is 5.75 Å². The zero-order valence-electron chi connectivity index (χ0n) is 21.1. The van der Waals surface area contributed by atoms with Crippen molar-refractivity contribution < 1.29 is 28.2 Å². The summed E-state index contributed by atoms with van der Waals surface area (Å²) in [6, 6.07) is 8.43. The van der Waals surface area contributed by atoms with Gasteiger partial charge in [0.1, 0.15) is 5.75 Å². The number of benzene rings is 1. The van der Waals surface area contributed by atoms with E-state index in [9.17, 15) is 18.7 Å². The van der Waals surface area contributed by atoms with Crippen molar-refractivity contribution in [3.05, 3.63) is 41.7 Å². The number of carbonyl (C=O) groups is 1. The molecule has 2 aliphatic heterocycles. The Hall–Kier alpha value is -3.31. The highest BCUT2D eigenvalue weighted by atomic mass is 19.3. The Balaban J connectivity index is 1.42. The van der Waals surface area contributed by atoms with Gasteiger partial charge in [-0.15, -0.1) is 0 Å². The van der Waals surface area contributed by atoms with E-state index >= 15 is 0 Å². The number of halogens is 2. The summed E-state index contributed by atoms with van der Waals surface area (Å²) in [5.74, 6) is -0.864. The second-order valence-corrected chi connectivity index (χ2v) is 10.2. The van der Waals surface area contributed by atoms with Crippen LogP contribution in [0.3, 0.4) is 0 Å².